The van der Waals surface area contributed by atoms with Crippen LogP contribution in [-0.4, -0.2) is 10.2 Å². The van der Waals surface area contributed by atoms with E-state index in [1.54, 1.807) is 0 Å². The van der Waals surface area contributed by atoms with Crippen molar-refractivity contribution in [3.8, 4) is 0 Å². The van der Waals surface area contributed by atoms with Crippen molar-refractivity contribution in [2.45, 2.75) is 17.7 Å². The van der Waals surface area contributed by atoms with Crippen molar-refractivity contribution in [2.75, 3.05) is 5.33 Å². The first-order valence-corrected chi connectivity index (χ1v) is 4.34. The van der Waals surface area contributed by atoms with E-state index in [0.717, 1.165) is 11.8 Å². The first-order valence-electron chi connectivity index (χ1n) is 2.30. The first kappa shape index (κ1) is 7.96. The number of rotatable bonds is 3. The molecule has 0 heterocycles. The van der Waals surface area contributed by atoms with E-state index in [9.17, 15) is 0 Å². The molecule has 0 fully saturated rings. The van der Waals surface area contributed by atoms with Gasteiger partial charge in [0.1, 0.15) is 0 Å². The van der Waals surface area contributed by atoms with Crippen LogP contribution in [0, 0.1) is 6.92 Å². The topological polar surface area (TPSA) is 0 Å². The maximum Gasteiger partial charge on any atom is 0.0153 e. The molecule has 0 aromatic rings. The van der Waals surface area contributed by atoms with E-state index in [1.807, 2.05) is 0 Å². The molecule has 0 N–H and O–H groups in total. The highest BCUT2D eigenvalue weighted by atomic mass is 79.9. The predicted molar refractivity (Wildman–Crippen MR) is 41.1 cm³/mol. The van der Waals surface area contributed by atoms with Gasteiger partial charge in [0.25, 0.3) is 0 Å². The average molecular weight is 229 g/mol. The van der Waals surface area contributed by atoms with Crippen LogP contribution in [-0.2, 0) is 0 Å². The number of hydrogen-bond donors (Lipinski definition) is 0. The Bertz CT molecular complexity index is 37.1. The average Bonchev–Trinajstić information content (AvgIpc) is 1.68. The summed E-state index contributed by atoms with van der Waals surface area (Å²) in [5, 5.41) is 1.07. The van der Waals surface area contributed by atoms with Gasteiger partial charge in [0.15, 0.2) is 0 Å². The molecule has 1 unspecified atom stereocenters. The van der Waals surface area contributed by atoms with Gasteiger partial charge in [0, 0.05) is 10.2 Å². The van der Waals surface area contributed by atoms with E-state index in [2.05, 4.69) is 38.8 Å². The van der Waals surface area contributed by atoms with Gasteiger partial charge < -0.3 is 0 Å². The van der Waals surface area contributed by atoms with Gasteiger partial charge >= 0.3 is 0 Å². The lowest BCUT2D eigenvalue weighted by atomic mass is 10.3. The fourth-order valence-corrected chi connectivity index (χ4v) is 1.66. The molecule has 0 aliphatic rings. The Labute approximate surface area is 61.9 Å². The van der Waals surface area contributed by atoms with E-state index >= 15 is 0 Å². The zero-order valence-electron chi connectivity index (χ0n) is 4.16. The summed E-state index contributed by atoms with van der Waals surface area (Å²) in [6, 6.07) is 0. The van der Waals surface area contributed by atoms with Crippen molar-refractivity contribution < 1.29 is 0 Å². The zero-order chi connectivity index (χ0) is 5.70. The molecule has 0 saturated carbocycles. The van der Waals surface area contributed by atoms with Crippen LogP contribution in [0.25, 0.3) is 0 Å². The Morgan fingerprint density at radius 2 is 2.14 bits per heavy atom. The number of hydrogen-bond acceptors (Lipinski definition) is 0. The second-order valence-corrected chi connectivity index (χ2v) is 3.45. The Morgan fingerprint density at radius 1 is 1.57 bits per heavy atom. The normalized spacial score (nSPS) is 14.1. The highest BCUT2D eigenvalue weighted by molar-refractivity contribution is 9.10. The summed E-state index contributed by atoms with van der Waals surface area (Å²) in [6.45, 7) is 3.74. The molecule has 43 valence electrons. The Balaban J connectivity index is 2.83. The van der Waals surface area contributed by atoms with Crippen LogP contribution in [0.2, 0.25) is 0 Å². The van der Waals surface area contributed by atoms with Crippen LogP contribution in [0.3, 0.4) is 0 Å². The van der Waals surface area contributed by atoms with E-state index in [4.69, 9.17) is 0 Å². The van der Waals surface area contributed by atoms with E-state index in [-0.39, 0.29) is 0 Å². The predicted octanol–water partition coefficient (Wildman–Crippen LogP) is 2.76. The van der Waals surface area contributed by atoms with E-state index < -0.39 is 0 Å². The van der Waals surface area contributed by atoms with Gasteiger partial charge in [-0.3, -0.25) is 0 Å². The minimum absolute atomic E-state index is 0.604. The van der Waals surface area contributed by atoms with Crippen molar-refractivity contribution in [1.29, 1.82) is 0 Å². The van der Waals surface area contributed by atoms with Crippen LogP contribution in [0.5, 0.6) is 0 Å². The molecule has 0 bridgehead atoms. The smallest absolute Gasteiger partial charge is 0.0153 e. The second-order valence-electron chi connectivity index (χ2n) is 1.36. The quantitative estimate of drug-likeness (QED) is 0.652. The SMILES string of the molecule is [CH2]CC(Br)CCBr. The molecule has 0 saturated heterocycles. The highest BCUT2D eigenvalue weighted by Crippen LogP contribution is 2.09. The summed E-state index contributed by atoms with van der Waals surface area (Å²) in [4.78, 5) is 0.604. The minimum Gasteiger partial charge on any atom is -0.0928 e. The molecule has 2 heteroatoms. The summed E-state index contributed by atoms with van der Waals surface area (Å²) >= 11 is 6.78. The number of halogens is 2. The van der Waals surface area contributed by atoms with Gasteiger partial charge in [-0.2, -0.15) is 0 Å². The molecule has 0 nitrogen and oxygen atoms in total. The summed E-state index contributed by atoms with van der Waals surface area (Å²) in [6.07, 6.45) is 2.15. The summed E-state index contributed by atoms with van der Waals surface area (Å²) < 4.78 is 0. The van der Waals surface area contributed by atoms with Crippen molar-refractivity contribution in [2.24, 2.45) is 0 Å². The third kappa shape index (κ3) is 4.82. The highest BCUT2D eigenvalue weighted by Gasteiger charge is 1.95. The van der Waals surface area contributed by atoms with Gasteiger partial charge in [-0.15, -0.1) is 0 Å². The van der Waals surface area contributed by atoms with Crippen LogP contribution in [0.4, 0.5) is 0 Å². The molecule has 0 rings (SSSR count). The molecule has 0 aliphatic heterocycles. The van der Waals surface area contributed by atoms with Gasteiger partial charge in [-0.25, -0.2) is 0 Å². The standard InChI is InChI=1S/C5H9Br2/c1-2-5(7)3-4-6/h5H,1-4H2. The first-order chi connectivity index (χ1) is 3.31. The summed E-state index contributed by atoms with van der Waals surface area (Å²) in [5.41, 5.74) is 0. The zero-order valence-corrected chi connectivity index (χ0v) is 7.33. The Kier molecular flexibility index (Phi) is 5.80. The van der Waals surface area contributed by atoms with Crippen molar-refractivity contribution in [3.63, 3.8) is 0 Å². The molecule has 1 radical (unpaired) electrons. The van der Waals surface area contributed by atoms with Gasteiger partial charge in [0.05, 0.1) is 0 Å². The molecule has 0 amide bonds. The van der Waals surface area contributed by atoms with Crippen molar-refractivity contribution in [1.82, 2.24) is 0 Å². The van der Waals surface area contributed by atoms with Gasteiger partial charge in [0.2, 0.25) is 0 Å². The van der Waals surface area contributed by atoms with Crippen LogP contribution >= 0.6 is 31.9 Å². The van der Waals surface area contributed by atoms with Crippen molar-refractivity contribution in [3.05, 3.63) is 6.92 Å². The van der Waals surface area contributed by atoms with Crippen LogP contribution < -0.4 is 0 Å². The van der Waals surface area contributed by atoms with Gasteiger partial charge in [-0.1, -0.05) is 38.8 Å². The lowest BCUT2D eigenvalue weighted by Crippen LogP contribution is -1.93. The molecular weight excluding hydrogens is 220 g/mol. The third-order valence-electron chi connectivity index (χ3n) is 0.736. The lowest BCUT2D eigenvalue weighted by Gasteiger charge is -1.99. The maximum atomic E-state index is 3.74. The van der Waals surface area contributed by atoms with Crippen LogP contribution in [0.15, 0.2) is 0 Å². The van der Waals surface area contributed by atoms with Crippen LogP contribution in [0.1, 0.15) is 12.8 Å². The second kappa shape index (κ2) is 5.10. The fraction of sp³-hybridized carbons (Fsp3) is 0.800. The van der Waals surface area contributed by atoms with E-state index in [0.29, 0.717) is 4.83 Å². The largest absolute Gasteiger partial charge is 0.0928 e. The molecule has 1 atom stereocenters. The minimum atomic E-state index is 0.604. The molecule has 0 aromatic heterocycles. The summed E-state index contributed by atoms with van der Waals surface area (Å²) in [5.74, 6) is 0. The summed E-state index contributed by atoms with van der Waals surface area (Å²) in [7, 11) is 0. The lowest BCUT2D eigenvalue weighted by molar-refractivity contribution is 0.861. The molecule has 0 aliphatic carbocycles. The molecule has 0 aromatic carbocycles. The Morgan fingerprint density at radius 3 is 2.29 bits per heavy atom. The Hall–Kier alpha value is 0.960. The monoisotopic (exact) mass is 227 g/mol. The molecule has 7 heavy (non-hydrogen) atoms. The molecular formula is C5H9Br2. The number of alkyl halides is 2. The van der Waals surface area contributed by atoms with Gasteiger partial charge in [-0.05, 0) is 12.8 Å². The molecule has 0 spiro atoms. The maximum absolute atomic E-state index is 3.74. The fourth-order valence-electron chi connectivity index (χ4n) is 0.263. The van der Waals surface area contributed by atoms with Crippen molar-refractivity contribution >= 4 is 31.9 Å². The van der Waals surface area contributed by atoms with E-state index in [1.165, 1.54) is 6.42 Å². The third-order valence-corrected chi connectivity index (χ3v) is 2.11.